The Balaban J connectivity index is 1.69. The van der Waals surface area contributed by atoms with E-state index in [1.807, 2.05) is 6.20 Å². The smallest absolute Gasteiger partial charge is 0.128 e. The van der Waals surface area contributed by atoms with E-state index in [0.717, 1.165) is 48.7 Å². The second kappa shape index (κ2) is 7.79. The van der Waals surface area contributed by atoms with Crippen molar-refractivity contribution in [2.45, 2.75) is 19.4 Å². The molecule has 0 radical (unpaired) electrons. The molecule has 1 aromatic heterocycles. The first-order chi connectivity index (χ1) is 11.3. The summed E-state index contributed by atoms with van der Waals surface area (Å²) in [6.07, 6.45) is 2.94. The molecule has 0 bridgehead atoms. The first kappa shape index (κ1) is 16.3. The molecule has 5 heteroatoms. The zero-order valence-corrected chi connectivity index (χ0v) is 14.9. The van der Waals surface area contributed by atoms with Gasteiger partial charge in [0.25, 0.3) is 0 Å². The molecule has 1 aromatic carbocycles. The molecule has 1 saturated heterocycles. The minimum Gasteiger partial charge on any atom is -0.378 e. The zero-order chi connectivity index (χ0) is 16.1. The first-order valence-electron chi connectivity index (χ1n) is 8.07. The SMILES string of the molecule is CCC(Nc1ccc(N2CCOCC2)nc1)c1cccc(Br)c1. The topological polar surface area (TPSA) is 37.4 Å². The number of benzene rings is 1. The van der Waals surface area contributed by atoms with Gasteiger partial charge in [-0.3, -0.25) is 0 Å². The highest BCUT2D eigenvalue weighted by molar-refractivity contribution is 9.10. The first-order valence-corrected chi connectivity index (χ1v) is 8.86. The molecule has 1 aliphatic heterocycles. The van der Waals surface area contributed by atoms with E-state index in [9.17, 15) is 0 Å². The molecule has 2 aromatic rings. The fourth-order valence-corrected chi connectivity index (χ4v) is 3.21. The molecule has 23 heavy (non-hydrogen) atoms. The molecule has 0 amide bonds. The molecule has 122 valence electrons. The average molecular weight is 376 g/mol. The number of rotatable bonds is 5. The Bertz CT molecular complexity index is 626. The molecule has 1 aliphatic rings. The second-order valence-electron chi connectivity index (χ2n) is 5.66. The van der Waals surface area contributed by atoms with Crippen LogP contribution >= 0.6 is 15.9 Å². The summed E-state index contributed by atoms with van der Waals surface area (Å²) in [5.41, 5.74) is 2.33. The Labute approximate surface area is 146 Å². The van der Waals surface area contributed by atoms with Gasteiger partial charge >= 0.3 is 0 Å². The van der Waals surface area contributed by atoms with Crippen LogP contribution in [0.3, 0.4) is 0 Å². The summed E-state index contributed by atoms with van der Waals surface area (Å²) in [7, 11) is 0. The molecule has 0 saturated carbocycles. The minimum absolute atomic E-state index is 0.281. The van der Waals surface area contributed by atoms with Crippen molar-refractivity contribution in [2.75, 3.05) is 36.5 Å². The van der Waals surface area contributed by atoms with E-state index >= 15 is 0 Å². The number of pyridine rings is 1. The maximum atomic E-state index is 5.39. The van der Waals surface area contributed by atoms with Crippen LogP contribution in [0.2, 0.25) is 0 Å². The summed E-state index contributed by atoms with van der Waals surface area (Å²) in [5.74, 6) is 1.02. The van der Waals surface area contributed by atoms with E-state index < -0.39 is 0 Å². The summed E-state index contributed by atoms with van der Waals surface area (Å²) < 4.78 is 6.49. The number of hydrogen-bond donors (Lipinski definition) is 1. The Morgan fingerprint density at radius 2 is 2.09 bits per heavy atom. The lowest BCUT2D eigenvalue weighted by Crippen LogP contribution is -2.36. The lowest BCUT2D eigenvalue weighted by Gasteiger charge is -2.28. The van der Waals surface area contributed by atoms with E-state index in [4.69, 9.17) is 4.74 Å². The maximum absolute atomic E-state index is 5.39. The third kappa shape index (κ3) is 4.24. The molecule has 0 aliphatic carbocycles. The minimum atomic E-state index is 0.281. The number of halogens is 1. The van der Waals surface area contributed by atoms with E-state index in [1.165, 1.54) is 5.56 Å². The second-order valence-corrected chi connectivity index (χ2v) is 6.58. The summed E-state index contributed by atoms with van der Waals surface area (Å²) in [4.78, 5) is 6.86. The van der Waals surface area contributed by atoms with Gasteiger partial charge in [-0.2, -0.15) is 0 Å². The fraction of sp³-hybridized carbons (Fsp3) is 0.389. The number of nitrogens with one attached hydrogen (secondary N) is 1. The molecule has 3 rings (SSSR count). The van der Waals surface area contributed by atoms with Crippen LogP contribution in [0.1, 0.15) is 24.9 Å². The molecule has 1 atom stereocenters. The Hall–Kier alpha value is -1.59. The third-order valence-corrected chi connectivity index (χ3v) is 4.58. The number of anilines is 2. The lowest BCUT2D eigenvalue weighted by atomic mass is 10.0. The molecular weight excluding hydrogens is 354 g/mol. The summed E-state index contributed by atoms with van der Waals surface area (Å²) in [5, 5.41) is 3.58. The van der Waals surface area contributed by atoms with Gasteiger partial charge in [-0.1, -0.05) is 35.0 Å². The van der Waals surface area contributed by atoms with Crippen LogP contribution in [0, 0.1) is 0 Å². The molecular formula is C18H22BrN3O. The van der Waals surface area contributed by atoms with E-state index in [1.54, 1.807) is 0 Å². The van der Waals surface area contributed by atoms with Gasteiger partial charge in [-0.25, -0.2) is 4.98 Å². The number of morpholine rings is 1. The van der Waals surface area contributed by atoms with Gasteiger partial charge in [-0.05, 0) is 36.2 Å². The van der Waals surface area contributed by atoms with Crippen molar-refractivity contribution in [1.29, 1.82) is 0 Å². The van der Waals surface area contributed by atoms with Crippen molar-refractivity contribution in [3.8, 4) is 0 Å². The molecule has 4 nitrogen and oxygen atoms in total. The average Bonchev–Trinajstić information content (AvgIpc) is 2.61. The van der Waals surface area contributed by atoms with Crippen LogP contribution in [-0.2, 0) is 4.74 Å². The van der Waals surface area contributed by atoms with Gasteiger partial charge in [0.1, 0.15) is 5.82 Å². The van der Waals surface area contributed by atoms with Crippen LogP contribution in [0.15, 0.2) is 47.1 Å². The quantitative estimate of drug-likeness (QED) is 0.847. The summed E-state index contributed by atoms with van der Waals surface area (Å²) in [6, 6.07) is 12.9. The van der Waals surface area contributed by atoms with Crippen LogP contribution in [0.25, 0.3) is 0 Å². The maximum Gasteiger partial charge on any atom is 0.128 e. The predicted octanol–water partition coefficient (Wildman–Crippen LogP) is 4.24. The number of hydrogen-bond acceptors (Lipinski definition) is 4. The predicted molar refractivity (Wildman–Crippen MR) is 98.1 cm³/mol. The van der Waals surface area contributed by atoms with Crippen molar-refractivity contribution in [3.63, 3.8) is 0 Å². The van der Waals surface area contributed by atoms with Crippen LogP contribution in [-0.4, -0.2) is 31.3 Å². The van der Waals surface area contributed by atoms with Crippen LogP contribution in [0.5, 0.6) is 0 Å². The van der Waals surface area contributed by atoms with Gasteiger partial charge in [0.2, 0.25) is 0 Å². The van der Waals surface area contributed by atoms with E-state index in [-0.39, 0.29) is 6.04 Å². The van der Waals surface area contributed by atoms with Crippen molar-refractivity contribution in [3.05, 3.63) is 52.6 Å². The highest BCUT2D eigenvalue weighted by Gasteiger charge is 2.13. The highest BCUT2D eigenvalue weighted by atomic mass is 79.9. The Morgan fingerprint density at radius 1 is 1.26 bits per heavy atom. The number of ether oxygens (including phenoxy) is 1. The third-order valence-electron chi connectivity index (χ3n) is 4.08. The fourth-order valence-electron chi connectivity index (χ4n) is 2.80. The summed E-state index contributed by atoms with van der Waals surface area (Å²) >= 11 is 3.54. The van der Waals surface area contributed by atoms with Crippen LogP contribution < -0.4 is 10.2 Å². The van der Waals surface area contributed by atoms with Gasteiger partial charge in [0, 0.05) is 17.6 Å². The Kier molecular flexibility index (Phi) is 5.51. The summed E-state index contributed by atoms with van der Waals surface area (Å²) in [6.45, 7) is 5.57. The number of nitrogens with zero attached hydrogens (tertiary/aromatic N) is 2. The van der Waals surface area contributed by atoms with Crippen molar-refractivity contribution in [1.82, 2.24) is 4.98 Å². The standard InChI is InChI=1S/C18H22BrN3O/c1-2-17(14-4-3-5-15(19)12-14)21-16-6-7-18(20-13-16)22-8-10-23-11-9-22/h3-7,12-13,17,21H,2,8-11H2,1H3. The van der Waals surface area contributed by atoms with Gasteiger partial charge in [0.15, 0.2) is 0 Å². The molecule has 1 N–H and O–H groups in total. The van der Waals surface area contributed by atoms with E-state index in [2.05, 4.69) is 74.5 Å². The largest absolute Gasteiger partial charge is 0.378 e. The van der Waals surface area contributed by atoms with Gasteiger partial charge < -0.3 is 15.0 Å². The van der Waals surface area contributed by atoms with E-state index in [0.29, 0.717) is 0 Å². The van der Waals surface area contributed by atoms with Crippen molar-refractivity contribution >= 4 is 27.4 Å². The van der Waals surface area contributed by atoms with Gasteiger partial charge in [0.05, 0.1) is 31.1 Å². The number of aromatic nitrogens is 1. The Morgan fingerprint density at radius 3 is 2.74 bits per heavy atom. The zero-order valence-electron chi connectivity index (χ0n) is 13.3. The monoisotopic (exact) mass is 375 g/mol. The normalized spacial score (nSPS) is 16.2. The molecule has 2 heterocycles. The van der Waals surface area contributed by atoms with Crippen LogP contribution in [0.4, 0.5) is 11.5 Å². The van der Waals surface area contributed by atoms with Crippen molar-refractivity contribution < 1.29 is 4.74 Å². The molecule has 0 spiro atoms. The lowest BCUT2D eigenvalue weighted by molar-refractivity contribution is 0.122. The van der Waals surface area contributed by atoms with Crippen molar-refractivity contribution in [2.24, 2.45) is 0 Å². The molecule has 1 unspecified atom stereocenters. The van der Waals surface area contributed by atoms with Gasteiger partial charge in [-0.15, -0.1) is 0 Å². The molecule has 1 fully saturated rings. The highest BCUT2D eigenvalue weighted by Crippen LogP contribution is 2.25.